The van der Waals surface area contributed by atoms with Gasteiger partial charge in [-0.3, -0.25) is 14.2 Å². The summed E-state index contributed by atoms with van der Waals surface area (Å²) in [5.41, 5.74) is 0.935. The fraction of sp³-hybridized carbons (Fsp3) is 0.750. The largest absolute Gasteiger partial charge is 0.461 e. The Morgan fingerprint density at radius 2 is 1.29 bits per heavy atom. The molecule has 0 saturated heterocycles. The number of carbonyl (C=O) groups excluding carboxylic acids is 1. The van der Waals surface area contributed by atoms with Crippen LogP contribution < -0.4 is 0 Å². The van der Waals surface area contributed by atoms with E-state index in [2.05, 4.69) is 4.98 Å². The second-order valence-corrected chi connectivity index (χ2v) is 7.76. The lowest BCUT2D eigenvalue weighted by molar-refractivity contribution is -0.145. The number of alkyl halides is 1. The van der Waals surface area contributed by atoms with Crippen molar-refractivity contribution in [3.8, 4) is 0 Å². The van der Waals surface area contributed by atoms with Crippen LogP contribution in [0, 0.1) is 0 Å². The lowest BCUT2D eigenvalue weighted by Crippen LogP contribution is -2.04. The molecule has 4 heteroatoms. The summed E-state index contributed by atoms with van der Waals surface area (Å²) in [5, 5.41) is 0. The van der Waals surface area contributed by atoms with Gasteiger partial charge in [0, 0.05) is 24.4 Å². The number of hydrogen-bond acceptors (Lipinski definition) is 3. The Bertz CT molecular complexity index is 467. The number of hydrogen-bond donors (Lipinski definition) is 0. The summed E-state index contributed by atoms with van der Waals surface area (Å²) in [6.07, 6.45) is 22.1. The van der Waals surface area contributed by atoms with Crippen molar-refractivity contribution in [3.05, 3.63) is 30.1 Å². The third-order valence-corrected chi connectivity index (χ3v) is 5.14. The first-order valence-electron chi connectivity index (χ1n) is 11.4. The van der Waals surface area contributed by atoms with Gasteiger partial charge < -0.3 is 4.74 Å². The van der Waals surface area contributed by atoms with E-state index in [-0.39, 0.29) is 12.6 Å². The Hall–Kier alpha value is -1.45. The van der Waals surface area contributed by atoms with Gasteiger partial charge in [-0.25, -0.2) is 0 Å². The van der Waals surface area contributed by atoms with Crippen molar-refractivity contribution in [2.24, 2.45) is 0 Å². The molecule has 0 fully saturated rings. The quantitative estimate of drug-likeness (QED) is 0.182. The van der Waals surface area contributed by atoms with Crippen LogP contribution in [0.4, 0.5) is 4.39 Å². The van der Waals surface area contributed by atoms with Crippen LogP contribution >= 0.6 is 0 Å². The van der Waals surface area contributed by atoms with E-state index in [4.69, 9.17) is 4.74 Å². The van der Waals surface area contributed by atoms with Gasteiger partial charge in [-0.05, 0) is 18.9 Å². The molecule has 0 bridgehead atoms. The summed E-state index contributed by atoms with van der Waals surface area (Å²) >= 11 is 0. The molecule has 0 radical (unpaired) electrons. The van der Waals surface area contributed by atoms with Crippen LogP contribution in [0.1, 0.15) is 108 Å². The smallest absolute Gasteiger partial charge is 0.306 e. The summed E-state index contributed by atoms with van der Waals surface area (Å²) in [5.74, 6) is -0.105. The monoisotopic (exact) mass is 393 g/mol. The average Bonchev–Trinajstić information content (AvgIpc) is 2.72. The number of esters is 1. The number of aromatic nitrogens is 1. The van der Waals surface area contributed by atoms with Crippen LogP contribution in [-0.4, -0.2) is 17.6 Å². The first-order chi connectivity index (χ1) is 13.8. The van der Waals surface area contributed by atoms with Crippen LogP contribution in [0.3, 0.4) is 0 Å². The van der Waals surface area contributed by atoms with Gasteiger partial charge >= 0.3 is 5.97 Å². The van der Waals surface area contributed by atoms with Gasteiger partial charge in [-0.2, -0.15) is 0 Å². The molecular weight excluding hydrogens is 353 g/mol. The predicted molar refractivity (Wildman–Crippen MR) is 114 cm³/mol. The third-order valence-electron chi connectivity index (χ3n) is 5.14. The van der Waals surface area contributed by atoms with Crippen molar-refractivity contribution in [1.29, 1.82) is 0 Å². The molecule has 28 heavy (non-hydrogen) atoms. The highest BCUT2D eigenvalue weighted by molar-refractivity contribution is 5.69. The summed E-state index contributed by atoms with van der Waals surface area (Å²) in [4.78, 5) is 15.7. The van der Waals surface area contributed by atoms with Crippen LogP contribution in [0.15, 0.2) is 24.5 Å². The van der Waals surface area contributed by atoms with E-state index in [0.717, 1.165) is 31.2 Å². The predicted octanol–water partition coefficient (Wildman–Crippen LogP) is 7.34. The maximum absolute atomic E-state index is 12.0. The molecule has 1 aromatic rings. The van der Waals surface area contributed by atoms with Gasteiger partial charge in [0.2, 0.25) is 0 Å². The van der Waals surface area contributed by atoms with Crippen LogP contribution in [0.25, 0.3) is 0 Å². The molecule has 0 aliphatic rings. The van der Waals surface area contributed by atoms with Gasteiger partial charge in [0.1, 0.15) is 6.61 Å². The highest BCUT2D eigenvalue weighted by Gasteiger charge is 2.03. The molecule has 0 aromatic carbocycles. The second-order valence-electron chi connectivity index (χ2n) is 7.76. The van der Waals surface area contributed by atoms with Crippen LogP contribution in [-0.2, 0) is 16.1 Å². The van der Waals surface area contributed by atoms with E-state index in [1.54, 1.807) is 12.4 Å². The minimum atomic E-state index is -0.153. The van der Waals surface area contributed by atoms with Crippen LogP contribution in [0.5, 0.6) is 0 Å². The molecule has 0 N–H and O–H groups in total. The minimum absolute atomic E-state index is 0.105. The molecule has 160 valence electrons. The van der Waals surface area contributed by atoms with E-state index in [9.17, 15) is 9.18 Å². The Balaban J connectivity index is 1.75. The maximum Gasteiger partial charge on any atom is 0.306 e. The normalized spacial score (nSPS) is 10.9. The van der Waals surface area contributed by atoms with Gasteiger partial charge in [0.05, 0.1) is 6.67 Å². The minimum Gasteiger partial charge on any atom is -0.461 e. The van der Waals surface area contributed by atoms with Gasteiger partial charge in [0.25, 0.3) is 0 Å². The van der Waals surface area contributed by atoms with E-state index >= 15 is 0 Å². The highest BCUT2D eigenvalue weighted by Crippen LogP contribution is 2.14. The van der Waals surface area contributed by atoms with Crippen molar-refractivity contribution in [1.82, 2.24) is 4.98 Å². The first-order valence-corrected chi connectivity index (χ1v) is 11.4. The van der Waals surface area contributed by atoms with Crippen molar-refractivity contribution in [2.45, 2.75) is 109 Å². The SMILES string of the molecule is O=C(CCCCCCCCCCCCCCCCCF)OCc1cccnc1. The lowest BCUT2D eigenvalue weighted by Gasteiger charge is -2.05. The zero-order chi connectivity index (χ0) is 20.1. The molecule has 0 atom stereocenters. The molecule has 0 saturated carbocycles. The summed E-state index contributed by atoms with van der Waals surface area (Å²) in [6, 6.07) is 3.76. The summed E-state index contributed by atoms with van der Waals surface area (Å²) in [7, 11) is 0. The Kier molecular flexibility index (Phi) is 16.6. The van der Waals surface area contributed by atoms with Gasteiger partial charge in [-0.1, -0.05) is 89.5 Å². The van der Waals surface area contributed by atoms with E-state index < -0.39 is 0 Å². The standard InChI is InChI=1S/C24H40FNO2/c25-19-15-13-11-9-7-5-3-1-2-4-6-8-10-12-14-18-24(27)28-22-23-17-16-20-26-21-23/h16-17,20-21H,1-15,18-19,22H2. The summed E-state index contributed by atoms with van der Waals surface area (Å²) < 4.78 is 17.2. The molecule has 1 aromatic heterocycles. The topological polar surface area (TPSA) is 39.2 Å². The van der Waals surface area contributed by atoms with Gasteiger partial charge in [-0.15, -0.1) is 0 Å². The van der Waals surface area contributed by atoms with Crippen LogP contribution in [0.2, 0.25) is 0 Å². The third kappa shape index (κ3) is 15.6. The first kappa shape index (κ1) is 24.6. The van der Waals surface area contributed by atoms with Crippen molar-refractivity contribution >= 4 is 5.97 Å². The number of halogens is 1. The lowest BCUT2D eigenvalue weighted by atomic mass is 10.0. The van der Waals surface area contributed by atoms with Crippen molar-refractivity contribution in [2.75, 3.05) is 6.67 Å². The van der Waals surface area contributed by atoms with Crippen molar-refractivity contribution < 1.29 is 13.9 Å². The molecule has 0 aliphatic heterocycles. The average molecular weight is 394 g/mol. The summed E-state index contributed by atoms with van der Waals surface area (Å²) in [6.45, 7) is 0.172. The molecule has 0 aliphatic carbocycles. The Morgan fingerprint density at radius 3 is 1.75 bits per heavy atom. The Morgan fingerprint density at radius 1 is 0.786 bits per heavy atom. The number of nitrogens with zero attached hydrogens (tertiary/aromatic N) is 1. The fourth-order valence-corrected chi connectivity index (χ4v) is 3.38. The molecule has 0 spiro atoms. The molecule has 1 heterocycles. The van der Waals surface area contributed by atoms with E-state index in [0.29, 0.717) is 13.0 Å². The van der Waals surface area contributed by atoms with Gasteiger partial charge in [0.15, 0.2) is 0 Å². The molecule has 3 nitrogen and oxygen atoms in total. The maximum atomic E-state index is 12.0. The van der Waals surface area contributed by atoms with E-state index in [1.165, 1.54) is 70.6 Å². The number of ether oxygens (including phenoxy) is 1. The second kappa shape index (κ2) is 18.9. The molecule has 0 unspecified atom stereocenters. The van der Waals surface area contributed by atoms with Crippen molar-refractivity contribution in [3.63, 3.8) is 0 Å². The number of unbranched alkanes of at least 4 members (excludes halogenated alkanes) is 14. The molecule has 1 rings (SSSR count). The molecule has 0 amide bonds. The zero-order valence-electron chi connectivity index (χ0n) is 17.7. The fourth-order valence-electron chi connectivity index (χ4n) is 3.38. The number of rotatable bonds is 19. The zero-order valence-corrected chi connectivity index (χ0v) is 17.7. The number of pyridine rings is 1. The molecular formula is C24H40FNO2. The number of carbonyl (C=O) groups is 1. The van der Waals surface area contributed by atoms with E-state index in [1.807, 2.05) is 12.1 Å². The highest BCUT2D eigenvalue weighted by atomic mass is 19.1. The Labute approximate surface area is 171 Å².